The van der Waals surface area contributed by atoms with E-state index < -0.39 is 5.60 Å². The van der Waals surface area contributed by atoms with Gasteiger partial charge in [0.05, 0.1) is 5.60 Å². The number of nitrogens with zero attached hydrogens (tertiary/aromatic N) is 2. The van der Waals surface area contributed by atoms with Crippen molar-refractivity contribution in [2.75, 3.05) is 19.0 Å². The van der Waals surface area contributed by atoms with Gasteiger partial charge in [-0.3, -0.25) is 0 Å². The second kappa shape index (κ2) is 3.96. The van der Waals surface area contributed by atoms with E-state index in [-0.39, 0.29) is 0 Å². The number of rotatable bonds is 3. The molecule has 1 aromatic rings. The third kappa shape index (κ3) is 2.23. The Hall–Kier alpha value is -1.09. The molecule has 3 heteroatoms. The Kier molecular flexibility index (Phi) is 3.11. The molecule has 0 aliphatic heterocycles. The van der Waals surface area contributed by atoms with Crippen LogP contribution in [-0.4, -0.2) is 24.2 Å². The first-order valence-electron chi connectivity index (χ1n) is 4.83. The lowest BCUT2D eigenvalue weighted by Crippen LogP contribution is -2.20. The third-order valence-corrected chi connectivity index (χ3v) is 2.52. The highest BCUT2D eigenvalue weighted by Gasteiger charge is 2.20. The van der Waals surface area contributed by atoms with Crippen LogP contribution in [0.1, 0.15) is 25.8 Å². The van der Waals surface area contributed by atoms with Gasteiger partial charge in [-0.1, -0.05) is 13.0 Å². The standard InChI is InChI=1S/C11H18N2O/c1-5-11(2,14)9-6-7-10(12-8-9)13(3)4/h6-8,14H,5H2,1-4H3. The van der Waals surface area contributed by atoms with Crippen molar-refractivity contribution in [3.8, 4) is 0 Å². The molecule has 0 amide bonds. The molecule has 0 aliphatic carbocycles. The zero-order valence-corrected chi connectivity index (χ0v) is 9.28. The molecule has 0 bridgehead atoms. The maximum atomic E-state index is 9.97. The summed E-state index contributed by atoms with van der Waals surface area (Å²) in [6, 6.07) is 3.84. The Labute approximate surface area is 85.4 Å². The summed E-state index contributed by atoms with van der Waals surface area (Å²) < 4.78 is 0. The van der Waals surface area contributed by atoms with Gasteiger partial charge in [0.25, 0.3) is 0 Å². The second-order valence-corrected chi connectivity index (χ2v) is 3.93. The highest BCUT2D eigenvalue weighted by Crippen LogP contribution is 2.24. The molecule has 0 aromatic carbocycles. The van der Waals surface area contributed by atoms with E-state index >= 15 is 0 Å². The van der Waals surface area contributed by atoms with E-state index in [1.807, 2.05) is 38.1 Å². The molecule has 0 fully saturated rings. The van der Waals surface area contributed by atoms with Gasteiger partial charge in [0, 0.05) is 25.9 Å². The molecule has 78 valence electrons. The Morgan fingerprint density at radius 2 is 2.07 bits per heavy atom. The molecule has 1 atom stereocenters. The maximum absolute atomic E-state index is 9.97. The predicted octanol–water partition coefficient (Wildman–Crippen LogP) is 1.77. The van der Waals surface area contributed by atoms with E-state index in [1.165, 1.54) is 0 Å². The zero-order valence-electron chi connectivity index (χ0n) is 9.28. The van der Waals surface area contributed by atoms with Crippen molar-refractivity contribution in [2.45, 2.75) is 25.9 Å². The van der Waals surface area contributed by atoms with Crippen LogP contribution in [0.15, 0.2) is 18.3 Å². The van der Waals surface area contributed by atoms with Crippen LogP contribution in [0.5, 0.6) is 0 Å². The summed E-state index contributed by atoms with van der Waals surface area (Å²) in [5.74, 6) is 0.903. The van der Waals surface area contributed by atoms with Gasteiger partial charge in [-0.05, 0) is 19.4 Å². The van der Waals surface area contributed by atoms with Crippen molar-refractivity contribution in [3.05, 3.63) is 23.9 Å². The van der Waals surface area contributed by atoms with Gasteiger partial charge >= 0.3 is 0 Å². The quantitative estimate of drug-likeness (QED) is 0.796. The van der Waals surface area contributed by atoms with Gasteiger partial charge in [-0.25, -0.2) is 4.98 Å². The Balaban J connectivity index is 2.94. The Morgan fingerprint density at radius 1 is 1.43 bits per heavy atom. The van der Waals surface area contributed by atoms with Crippen molar-refractivity contribution < 1.29 is 5.11 Å². The van der Waals surface area contributed by atoms with E-state index in [1.54, 1.807) is 13.1 Å². The molecule has 1 aromatic heterocycles. The zero-order chi connectivity index (χ0) is 10.8. The smallest absolute Gasteiger partial charge is 0.127 e. The first-order valence-corrected chi connectivity index (χ1v) is 4.83. The van der Waals surface area contributed by atoms with Crippen LogP contribution < -0.4 is 4.90 Å². The molecule has 0 radical (unpaired) electrons. The van der Waals surface area contributed by atoms with Crippen molar-refractivity contribution in [1.82, 2.24) is 4.98 Å². The normalized spacial score (nSPS) is 14.9. The molecular formula is C11H18N2O. The van der Waals surface area contributed by atoms with Crippen molar-refractivity contribution in [2.24, 2.45) is 0 Å². The largest absolute Gasteiger partial charge is 0.385 e. The molecule has 0 saturated heterocycles. The van der Waals surface area contributed by atoms with E-state index in [0.29, 0.717) is 6.42 Å². The molecule has 1 rings (SSSR count). The minimum Gasteiger partial charge on any atom is -0.385 e. The van der Waals surface area contributed by atoms with Crippen LogP contribution in [0.25, 0.3) is 0 Å². The fourth-order valence-corrected chi connectivity index (χ4v) is 1.17. The van der Waals surface area contributed by atoms with Crippen LogP contribution in [0.2, 0.25) is 0 Å². The van der Waals surface area contributed by atoms with E-state index in [9.17, 15) is 5.11 Å². The lowest BCUT2D eigenvalue weighted by atomic mass is 9.95. The molecular weight excluding hydrogens is 176 g/mol. The summed E-state index contributed by atoms with van der Waals surface area (Å²) >= 11 is 0. The van der Waals surface area contributed by atoms with Crippen LogP contribution in [0, 0.1) is 0 Å². The van der Waals surface area contributed by atoms with Gasteiger partial charge in [-0.2, -0.15) is 0 Å². The maximum Gasteiger partial charge on any atom is 0.127 e. The summed E-state index contributed by atoms with van der Waals surface area (Å²) in [5.41, 5.74) is 0.100. The highest BCUT2D eigenvalue weighted by atomic mass is 16.3. The number of aromatic nitrogens is 1. The van der Waals surface area contributed by atoms with E-state index in [2.05, 4.69) is 4.98 Å². The first-order chi connectivity index (χ1) is 6.47. The minimum atomic E-state index is -0.766. The molecule has 0 aliphatic rings. The summed E-state index contributed by atoms with van der Waals surface area (Å²) in [4.78, 5) is 6.19. The molecule has 14 heavy (non-hydrogen) atoms. The minimum absolute atomic E-state index is 0.690. The fourth-order valence-electron chi connectivity index (χ4n) is 1.17. The predicted molar refractivity (Wildman–Crippen MR) is 58.4 cm³/mol. The average Bonchev–Trinajstić information content (AvgIpc) is 2.18. The molecule has 0 saturated carbocycles. The van der Waals surface area contributed by atoms with Gasteiger partial charge in [0.15, 0.2) is 0 Å². The lowest BCUT2D eigenvalue weighted by Gasteiger charge is -2.22. The topological polar surface area (TPSA) is 36.4 Å². The Morgan fingerprint density at radius 3 is 2.43 bits per heavy atom. The molecule has 1 unspecified atom stereocenters. The summed E-state index contributed by atoms with van der Waals surface area (Å²) in [6.45, 7) is 3.76. The van der Waals surface area contributed by atoms with Crippen molar-refractivity contribution in [3.63, 3.8) is 0 Å². The Bertz CT molecular complexity index is 291. The number of pyridine rings is 1. The summed E-state index contributed by atoms with van der Waals surface area (Å²) in [5, 5.41) is 9.97. The van der Waals surface area contributed by atoms with Gasteiger partial charge < -0.3 is 10.0 Å². The number of aliphatic hydroxyl groups is 1. The first kappa shape index (κ1) is 11.0. The third-order valence-electron chi connectivity index (χ3n) is 2.52. The van der Waals surface area contributed by atoms with E-state index in [0.717, 1.165) is 11.4 Å². The number of anilines is 1. The van der Waals surface area contributed by atoms with Crippen LogP contribution in [0.4, 0.5) is 5.82 Å². The SMILES string of the molecule is CCC(C)(O)c1ccc(N(C)C)nc1. The van der Waals surface area contributed by atoms with Gasteiger partial charge in [-0.15, -0.1) is 0 Å². The molecule has 0 spiro atoms. The van der Waals surface area contributed by atoms with Crippen molar-refractivity contribution >= 4 is 5.82 Å². The summed E-state index contributed by atoms with van der Waals surface area (Å²) in [7, 11) is 3.89. The van der Waals surface area contributed by atoms with Crippen LogP contribution >= 0.6 is 0 Å². The summed E-state index contributed by atoms with van der Waals surface area (Å²) in [6.07, 6.45) is 2.43. The molecule has 1 N–H and O–H groups in total. The lowest BCUT2D eigenvalue weighted by molar-refractivity contribution is 0.0527. The monoisotopic (exact) mass is 194 g/mol. The molecule has 3 nitrogen and oxygen atoms in total. The number of hydrogen-bond acceptors (Lipinski definition) is 3. The number of hydrogen-bond donors (Lipinski definition) is 1. The van der Waals surface area contributed by atoms with Gasteiger partial charge in [0.1, 0.15) is 5.82 Å². The average molecular weight is 194 g/mol. The van der Waals surface area contributed by atoms with Crippen molar-refractivity contribution in [1.29, 1.82) is 0 Å². The van der Waals surface area contributed by atoms with E-state index in [4.69, 9.17) is 0 Å². The molecule has 1 heterocycles. The van der Waals surface area contributed by atoms with Gasteiger partial charge in [0.2, 0.25) is 0 Å². The van der Waals surface area contributed by atoms with Crippen LogP contribution in [-0.2, 0) is 5.60 Å². The second-order valence-electron chi connectivity index (χ2n) is 3.93. The highest BCUT2D eigenvalue weighted by molar-refractivity contribution is 5.38. The fraction of sp³-hybridized carbons (Fsp3) is 0.545. The van der Waals surface area contributed by atoms with Crippen LogP contribution in [0.3, 0.4) is 0 Å².